The maximum absolute atomic E-state index is 12.7. The zero-order chi connectivity index (χ0) is 25.1. The zero-order valence-corrected chi connectivity index (χ0v) is 21.8. The number of rotatable bonds is 2. The molecule has 6 rings (SSSR count). The molecule has 1 saturated heterocycles. The first-order valence-corrected chi connectivity index (χ1v) is 14.2. The Kier molecular flexibility index (Phi) is 6.03. The molecule has 0 radical (unpaired) electrons. The number of carbonyl (C=O) groups is 1. The average Bonchev–Trinajstić information content (AvgIpc) is 3.16. The number of aliphatic hydroxyl groups is 1. The van der Waals surface area contributed by atoms with Gasteiger partial charge in [-0.2, -0.15) is 0 Å². The van der Waals surface area contributed by atoms with Crippen LogP contribution in [-0.4, -0.2) is 54.0 Å². The minimum absolute atomic E-state index is 0.0163. The quantitative estimate of drug-likeness (QED) is 0.632. The van der Waals surface area contributed by atoms with Crippen LogP contribution < -0.4 is 10.9 Å². The molecule has 1 amide bonds. The second kappa shape index (κ2) is 8.87. The fourth-order valence-corrected chi connectivity index (χ4v) is 9.46. The summed E-state index contributed by atoms with van der Waals surface area (Å²) in [4.78, 5) is 26.1. The minimum atomic E-state index is -0.684. The van der Waals surface area contributed by atoms with E-state index in [1.165, 1.54) is 6.07 Å². The number of nitrogens with one attached hydrogen (secondary N) is 1. The van der Waals surface area contributed by atoms with Gasteiger partial charge in [-0.05, 0) is 98.5 Å². The van der Waals surface area contributed by atoms with Crippen molar-refractivity contribution < 1.29 is 19.1 Å². The third-order valence-electron chi connectivity index (χ3n) is 11.6. The molecule has 1 aromatic rings. The van der Waals surface area contributed by atoms with Crippen molar-refractivity contribution >= 4 is 6.09 Å². The summed E-state index contributed by atoms with van der Waals surface area (Å²) >= 11 is 0. The monoisotopic (exact) mass is 498 g/mol. The van der Waals surface area contributed by atoms with Crippen LogP contribution in [0.5, 0.6) is 0 Å². The fourth-order valence-electron chi connectivity index (χ4n) is 9.46. The van der Waals surface area contributed by atoms with Gasteiger partial charge in [-0.1, -0.05) is 13.8 Å². The molecular formula is C29H42N2O5. The van der Waals surface area contributed by atoms with Gasteiger partial charge in [0.25, 0.3) is 0 Å². The Morgan fingerprint density at radius 3 is 2.61 bits per heavy atom. The van der Waals surface area contributed by atoms with Crippen LogP contribution in [0.15, 0.2) is 27.6 Å². The van der Waals surface area contributed by atoms with Gasteiger partial charge < -0.3 is 24.5 Å². The van der Waals surface area contributed by atoms with Gasteiger partial charge in [0, 0.05) is 37.7 Å². The molecule has 4 saturated carbocycles. The molecule has 4 aliphatic carbocycles. The highest BCUT2D eigenvalue weighted by Crippen LogP contribution is 2.70. The van der Waals surface area contributed by atoms with E-state index in [-0.39, 0.29) is 34.6 Å². The number of ether oxygens (including phenoxy) is 1. The predicted molar refractivity (Wildman–Crippen MR) is 136 cm³/mol. The van der Waals surface area contributed by atoms with E-state index < -0.39 is 5.60 Å². The first kappa shape index (κ1) is 24.5. The smallest absolute Gasteiger partial charge is 0.410 e. The van der Waals surface area contributed by atoms with E-state index in [0.717, 1.165) is 89.5 Å². The summed E-state index contributed by atoms with van der Waals surface area (Å²) < 4.78 is 11.2. The van der Waals surface area contributed by atoms with Crippen molar-refractivity contribution in [3.63, 3.8) is 0 Å². The van der Waals surface area contributed by atoms with E-state index in [9.17, 15) is 14.7 Å². The summed E-state index contributed by atoms with van der Waals surface area (Å²) in [5, 5.41) is 15.7. The largest absolute Gasteiger partial charge is 0.446 e. The van der Waals surface area contributed by atoms with E-state index >= 15 is 0 Å². The summed E-state index contributed by atoms with van der Waals surface area (Å²) in [6, 6.07) is 3.42. The summed E-state index contributed by atoms with van der Waals surface area (Å²) in [5.41, 5.74) is 0.0404. The zero-order valence-electron chi connectivity index (χ0n) is 21.8. The Labute approximate surface area is 214 Å². The van der Waals surface area contributed by atoms with E-state index in [1.807, 2.05) is 11.0 Å². The fraction of sp³-hybridized carbons (Fsp3) is 0.793. The lowest BCUT2D eigenvalue weighted by atomic mass is 9.43. The number of nitrogens with zero attached hydrogens (tertiary/aromatic N) is 1. The van der Waals surface area contributed by atoms with Gasteiger partial charge in [0.1, 0.15) is 6.10 Å². The minimum Gasteiger partial charge on any atom is -0.446 e. The van der Waals surface area contributed by atoms with Crippen LogP contribution in [0, 0.1) is 28.6 Å². The molecule has 8 atom stereocenters. The molecule has 1 aromatic heterocycles. The first-order valence-electron chi connectivity index (χ1n) is 14.2. The van der Waals surface area contributed by atoms with Gasteiger partial charge in [-0.3, -0.25) is 0 Å². The number of fused-ring (bicyclic) bond motifs is 5. The average molecular weight is 499 g/mol. The Morgan fingerprint density at radius 1 is 1.06 bits per heavy atom. The molecule has 2 N–H and O–H groups in total. The highest BCUT2D eigenvalue weighted by atomic mass is 16.6. The summed E-state index contributed by atoms with van der Waals surface area (Å²) in [5.74, 6) is 1.57. The third-order valence-corrected chi connectivity index (χ3v) is 11.6. The molecule has 5 aliphatic rings. The summed E-state index contributed by atoms with van der Waals surface area (Å²) in [6.07, 6.45) is 10.5. The second-order valence-electron chi connectivity index (χ2n) is 12.9. The predicted octanol–water partition coefficient (Wildman–Crippen LogP) is 4.29. The lowest BCUT2D eigenvalue weighted by molar-refractivity contribution is -0.205. The maximum atomic E-state index is 12.7. The van der Waals surface area contributed by atoms with Crippen molar-refractivity contribution in [2.45, 2.75) is 89.3 Å². The van der Waals surface area contributed by atoms with Gasteiger partial charge in [-0.15, -0.1) is 0 Å². The summed E-state index contributed by atoms with van der Waals surface area (Å²) in [6.45, 7) is 7.88. The van der Waals surface area contributed by atoms with Gasteiger partial charge in [0.15, 0.2) is 0 Å². The number of amides is 1. The molecule has 7 nitrogen and oxygen atoms in total. The number of piperazine rings is 1. The Bertz CT molecular complexity index is 1030. The Balaban J connectivity index is 1.17. The van der Waals surface area contributed by atoms with Crippen LogP contribution in [0.25, 0.3) is 0 Å². The SMILES string of the molecule is C[C@]12CC[C@H](OC(=O)N3CCNCC3)C[C@H]1CC[C@@H]1[C@@H]2CC[C@]2(C)[C@@H](c3ccc(=O)oc3)CC[C@]12O. The molecule has 0 bridgehead atoms. The van der Waals surface area contributed by atoms with Crippen LogP contribution in [0.3, 0.4) is 0 Å². The molecule has 2 heterocycles. The van der Waals surface area contributed by atoms with Gasteiger partial charge in [-0.25, -0.2) is 9.59 Å². The van der Waals surface area contributed by atoms with Crippen molar-refractivity contribution in [2.75, 3.05) is 26.2 Å². The van der Waals surface area contributed by atoms with Crippen LogP contribution in [-0.2, 0) is 4.74 Å². The maximum Gasteiger partial charge on any atom is 0.410 e. The van der Waals surface area contributed by atoms with Crippen LogP contribution in [0.1, 0.15) is 83.1 Å². The van der Waals surface area contributed by atoms with Crippen LogP contribution in [0.2, 0.25) is 0 Å². The van der Waals surface area contributed by atoms with Crippen molar-refractivity contribution in [2.24, 2.45) is 28.6 Å². The molecule has 7 heteroatoms. The Morgan fingerprint density at radius 2 is 1.86 bits per heavy atom. The molecule has 198 valence electrons. The lowest BCUT2D eigenvalue weighted by Crippen LogP contribution is -2.62. The number of hydrogen-bond acceptors (Lipinski definition) is 6. The molecule has 36 heavy (non-hydrogen) atoms. The van der Waals surface area contributed by atoms with Crippen molar-refractivity contribution in [1.29, 1.82) is 0 Å². The number of hydrogen-bond donors (Lipinski definition) is 2. The second-order valence-corrected chi connectivity index (χ2v) is 12.9. The third kappa shape index (κ3) is 3.67. The molecule has 0 aromatic carbocycles. The van der Waals surface area contributed by atoms with Crippen molar-refractivity contribution in [3.05, 3.63) is 34.4 Å². The van der Waals surface area contributed by atoms with Gasteiger partial charge >= 0.3 is 11.7 Å². The van der Waals surface area contributed by atoms with E-state index in [1.54, 1.807) is 6.26 Å². The lowest BCUT2D eigenvalue weighted by Gasteiger charge is -2.63. The summed E-state index contributed by atoms with van der Waals surface area (Å²) in [7, 11) is 0. The highest BCUT2D eigenvalue weighted by Gasteiger charge is 2.67. The molecular weight excluding hydrogens is 456 g/mol. The highest BCUT2D eigenvalue weighted by molar-refractivity contribution is 5.68. The molecule has 1 aliphatic heterocycles. The van der Waals surface area contributed by atoms with Crippen molar-refractivity contribution in [3.8, 4) is 0 Å². The van der Waals surface area contributed by atoms with Gasteiger partial charge in [0.05, 0.1) is 11.9 Å². The standard InChI is InChI=1S/C29H42N2O5/c1-27-10-7-21(36-26(33)31-15-13-30-14-16-31)17-20(27)4-5-24-23(27)8-11-28(2)22(9-12-29(24,28)34)19-3-6-25(32)35-18-19/h3,6,18,20-24,30,34H,4-5,7-17H2,1-2H3/t20-,21+,22-,23+,24-,27+,28-,29+/m1/s1. The van der Waals surface area contributed by atoms with E-state index in [4.69, 9.17) is 9.15 Å². The van der Waals surface area contributed by atoms with Gasteiger partial charge in [0.2, 0.25) is 0 Å². The topological polar surface area (TPSA) is 92.0 Å². The van der Waals surface area contributed by atoms with Crippen LogP contribution in [0.4, 0.5) is 4.79 Å². The molecule has 5 fully saturated rings. The molecule has 0 spiro atoms. The van der Waals surface area contributed by atoms with E-state index in [0.29, 0.717) is 17.8 Å². The first-order chi connectivity index (χ1) is 17.2. The number of carbonyl (C=O) groups excluding carboxylic acids is 1. The normalized spacial score (nSPS) is 44.3. The molecule has 0 unspecified atom stereocenters. The Hall–Kier alpha value is -1.86. The van der Waals surface area contributed by atoms with Crippen LogP contribution >= 0.6 is 0 Å². The van der Waals surface area contributed by atoms with E-state index in [2.05, 4.69) is 19.2 Å². The van der Waals surface area contributed by atoms with Crippen molar-refractivity contribution in [1.82, 2.24) is 10.2 Å².